The van der Waals surface area contributed by atoms with Crippen molar-refractivity contribution in [2.24, 2.45) is 0 Å². The average molecular weight is 162 g/mol. The van der Waals surface area contributed by atoms with Crippen LogP contribution in [0.15, 0.2) is 30.5 Å². The molecule has 0 aliphatic rings. The van der Waals surface area contributed by atoms with Crippen LogP contribution in [0.3, 0.4) is 0 Å². The van der Waals surface area contributed by atoms with E-state index in [-0.39, 0.29) is 11.5 Å². The molecule has 0 amide bonds. The molecule has 12 heavy (non-hydrogen) atoms. The monoisotopic (exact) mass is 162 g/mol. The molecule has 0 radical (unpaired) electrons. The minimum absolute atomic E-state index is 0.163. The highest BCUT2D eigenvalue weighted by Gasteiger charge is 2.03. The van der Waals surface area contributed by atoms with Crippen LogP contribution in [-0.4, -0.2) is 4.98 Å². The van der Waals surface area contributed by atoms with Gasteiger partial charge in [-0.15, -0.1) is 0 Å². The summed E-state index contributed by atoms with van der Waals surface area (Å²) in [7, 11) is 0. The van der Waals surface area contributed by atoms with E-state index >= 15 is 0 Å². The number of rotatable bonds is 0. The predicted octanol–water partition coefficient (Wildman–Crippen LogP) is 1.96. The minimum atomic E-state index is -0.388. The van der Waals surface area contributed by atoms with Gasteiger partial charge in [0.2, 0.25) is 0 Å². The van der Waals surface area contributed by atoms with E-state index in [4.69, 9.17) is 5.73 Å². The zero-order chi connectivity index (χ0) is 8.55. The molecule has 2 N–H and O–H groups in total. The van der Waals surface area contributed by atoms with Crippen LogP contribution in [0.25, 0.3) is 10.9 Å². The number of nitrogens with zero attached hydrogens (tertiary/aromatic N) is 1. The highest BCUT2D eigenvalue weighted by atomic mass is 19.1. The van der Waals surface area contributed by atoms with Gasteiger partial charge in [-0.1, -0.05) is 0 Å². The van der Waals surface area contributed by atoms with Crippen molar-refractivity contribution in [3.05, 3.63) is 36.3 Å². The molecular weight excluding hydrogens is 155 g/mol. The summed E-state index contributed by atoms with van der Waals surface area (Å²) in [6.07, 6.45) is 1.62. The number of pyridine rings is 1. The van der Waals surface area contributed by atoms with Gasteiger partial charge in [0.1, 0.15) is 0 Å². The number of fused-ring (bicyclic) bond motifs is 1. The number of aromatic nitrogens is 1. The lowest BCUT2D eigenvalue weighted by Gasteiger charge is -1.99. The molecule has 1 aromatic carbocycles. The molecule has 0 aliphatic heterocycles. The van der Waals surface area contributed by atoms with Gasteiger partial charge in [0.15, 0.2) is 5.82 Å². The number of anilines is 1. The number of hydrogen-bond acceptors (Lipinski definition) is 2. The van der Waals surface area contributed by atoms with Gasteiger partial charge in [0.25, 0.3) is 0 Å². The molecule has 0 bridgehead atoms. The van der Waals surface area contributed by atoms with Crippen LogP contribution in [-0.2, 0) is 0 Å². The summed E-state index contributed by atoms with van der Waals surface area (Å²) in [4.78, 5) is 3.99. The Bertz CT molecular complexity index is 426. The SMILES string of the molecule is Nc1ccc2ncccc2c1F. The third-order valence-electron chi connectivity index (χ3n) is 1.75. The first-order chi connectivity index (χ1) is 5.79. The summed E-state index contributed by atoms with van der Waals surface area (Å²) >= 11 is 0. The van der Waals surface area contributed by atoms with Gasteiger partial charge in [0, 0.05) is 11.6 Å². The van der Waals surface area contributed by atoms with Crippen LogP contribution in [0.1, 0.15) is 0 Å². The number of nitrogen functional groups attached to an aromatic ring is 1. The fraction of sp³-hybridized carbons (Fsp3) is 0. The van der Waals surface area contributed by atoms with Crippen molar-refractivity contribution in [2.45, 2.75) is 0 Å². The molecule has 2 rings (SSSR count). The van der Waals surface area contributed by atoms with E-state index in [9.17, 15) is 4.39 Å². The molecule has 0 spiro atoms. The zero-order valence-corrected chi connectivity index (χ0v) is 6.29. The van der Waals surface area contributed by atoms with E-state index in [1.165, 1.54) is 6.07 Å². The number of nitrogens with two attached hydrogens (primary N) is 1. The fourth-order valence-electron chi connectivity index (χ4n) is 1.13. The molecule has 0 unspecified atom stereocenters. The molecule has 2 nitrogen and oxygen atoms in total. The maximum absolute atomic E-state index is 13.2. The summed E-state index contributed by atoms with van der Waals surface area (Å²) in [5.74, 6) is -0.388. The molecule has 0 atom stereocenters. The molecule has 0 aliphatic carbocycles. The molecule has 0 fully saturated rings. The second-order valence-corrected chi connectivity index (χ2v) is 2.54. The van der Waals surface area contributed by atoms with Gasteiger partial charge >= 0.3 is 0 Å². The predicted molar refractivity (Wildman–Crippen MR) is 46.1 cm³/mol. The summed E-state index contributed by atoms with van der Waals surface area (Å²) < 4.78 is 13.2. The van der Waals surface area contributed by atoms with Crippen molar-refractivity contribution < 1.29 is 4.39 Å². The molecule has 60 valence electrons. The smallest absolute Gasteiger partial charge is 0.155 e. The van der Waals surface area contributed by atoms with Gasteiger partial charge in [-0.2, -0.15) is 0 Å². The molecule has 0 saturated carbocycles. The van der Waals surface area contributed by atoms with Gasteiger partial charge < -0.3 is 5.73 Å². The Morgan fingerprint density at radius 1 is 1.25 bits per heavy atom. The maximum atomic E-state index is 13.2. The molecule has 3 heteroatoms. The highest BCUT2D eigenvalue weighted by molar-refractivity contribution is 5.82. The highest BCUT2D eigenvalue weighted by Crippen LogP contribution is 2.19. The van der Waals surface area contributed by atoms with Crippen LogP contribution in [0.2, 0.25) is 0 Å². The number of benzene rings is 1. The molecule has 0 saturated heterocycles. The second kappa shape index (κ2) is 2.44. The van der Waals surface area contributed by atoms with Gasteiger partial charge in [-0.05, 0) is 24.3 Å². The Morgan fingerprint density at radius 2 is 2.08 bits per heavy atom. The summed E-state index contributed by atoms with van der Waals surface area (Å²) in [6.45, 7) is 0. The molecule has 1 heterocycles. The van der Waals surface area contributed by atoms with E-state index in [0.29, 0.717) is 10.9 Å². The van der Waals surface area contributed by atoms with Gasteiger partial charge in [0.05, 0.1) is 11.2 Å². The lowest BCUT2D eigenvalue weighted by atomic mass is 10.2. The van der Waals surface area contributed by atoms with Gasteiger partial charge in [-0.25, -0.2) is 4.39 Å². The van der Waals surface area contributed by atoms with E-state index in [0.717, 1.165) is 0 Å². The van der Waals surface area contributed by atoms with Crippen molar-refractivity contribution >= 4 is 16.6 Å². The van der Waals surface area contributed by atoms with Crippen molar-refractivity contribution in [3.63, 3.8) is 0 Å². The minimum Gasteiger partial charge on any atom is -0.396 e. The fourth-order valence-corrected chi connectivity index (χ4v) is 1.13. The summed E-state index contributed by atoms with van der Waals surface area (Å²) in [6, 6.07) is 6.57. The van der Waals surface area contributed by atoms with Crippen molar-refractivity contribution in [2.75, 3.05) is 5.73 Å². The van der Waals surface area contributed by atoms with Crippen LogP contribution in [0, 0.1) is 5.82 Å². The van der Waals surface area contributed by atoms with Gasteiger partial charge in [-0.3, -0.25) is 4.98 Å². The first kappa shape index (κ1) is 7.03. The Kier molecular flexibility index (Phi) is 1.43. The quantitative estimate of drug-likeness (QED) is 0.601. The van der Waals surface area contributed by atoms with E-state index in [2.05, 4.69) is 4.98 Å². The van der Waals surface area contributed by atoms with Crippen molar-refractivity contribution in [1.29, 1.82) is 0 Å². The number of halogens is 1. The molecule has 1 aromatic heterocycles. The number of hydrogen-bond donors (Lipinski definition) is 1. The molecule has 2 aromatic rings. The molecular formula is C9H7FN2. The third-order valence-corrected chi connectivity index (χ3v) is 1.75. The first-order valence-corrected chi connectivity index (χ1v) is 3.58. The average Bonchev–Trinajstić information content (AvgIpc) is 2.12. The first-order valence-electron chi connectivity index (χ1n) is 3.58. The Labute approximate surface area is 68.8 Å². The summed E-state index contributed by atoms with van der Waals surface area (Å²) in [5.41, 5.74) is 6.17. The van der Waals surface area contributed by atoms with Crippen LogP contribution in [0.4, 0.5) is 10.1 Å². The van der Waals surface area contributed by atoms with Crippen LogP contribution < -0.4 is 5.73 Å². The van der Waals surface area contributed by atoms with E-state index in [1.54, 1.807) is 24.4 Å². The maximum Gasteiger partial charge on any atom is 0.155 e. The van der Waals surface area contributed by atoms with Crippen molar-refractivity contribution in [3.8, 4) is 0 Å². The topological polar surface area (TPSA) is 38.9 Å². The standard InChI is InChI=1S/C9H7FN2/c10-9-6-2-1-5-12-8(6)4-3-7(9)11/h1-5H,11H2. The largest absolute Gasteiger partial charge is 0.396 e. The van der Waals surface area contributed by atoms with Crippen LogP contribution in [0.5, 0.6) is 0 Å². The lowest BCUT2D eigenvalue weighted by molar-refractivity contribution is 0.644. The van der Waals surface area contributed by atoms with E-state index < -0.39 is 0 Å². The normalized spacial score (nSPS) is 10.4. The lowest BCUT2D eigenvalue weighted by Crippen LogP contribution is -1.91. The van der Waals surface area contributed by atoms with E-state index in [1.807, 2.05) is 0 Å². The van der Waals surface area contributed by atoms with Crippen molar-refractivity contribution in [1.82, 2.24) is 4.98 Å². The summed E-state index contributed by atoms with van der Waals surface area (Å²) in [5, 5.41) is 0.470. The Balaban J connectivity index is 2.91. The Hall–Kier alpha value is -1.64. The Morgan fingerprint density at radius 3 is 2.92 bits per heavy atom. The third kappa shape index (κ3) is 0.906. The second-order valence-electron chi connectivity index (χ2n) is 2.54. The zero-order valence-electron chi connectivity index (χ0n) is 6.29. The van der Waals surface area contributed by atoms with Crippen LogP contribution >= 0.6 is 0 Å².